The number of piperidine rings is 1. The summed E-state index contributed by atoms with van der Waals surface area (Å²) in [6.07, 6.45) is 4.22. The Morgan fingerprint density at radius 1 is 1.54 bits per heavy atom. The molecular weight excluding hydrogens is 168 g/mol. The number of oxazole rings is 1. The third-order valence-corrected chi connectivity index (χ3v) is 2.35. The average molecular weight is 180 g/mol. The highest BCUT2D eigenvalue weighted by molar-refractivity contribution is 5.70. The van der Waals surface area contributed by atoms with E-state index >= 15 is 0 Å². The molecule has 13 heavy (non-hydrogen) atoms. The number of hydrogen-bond acceptors (Lipinski definition) is 4. The lowest BCUT2D eigenvalue weighted by atomic mass is 9.98. The molecule has 1 N–H and O–H groups in total. The third kappa shape index (κ3) is 1.78. The molecule has 0 radical (unpaired) electrons. The van der Waals surface area contributed by atoms with E-state index in [9.17, 15) is 4.79 Å². The molecular formula is C9H12N2O2. The molecule has 1 fully saturated rings. The monoisotopic (exact) mass is 180 g/mol. The van der Waals surface area contributed by atoms with Gasteiger partial charge in [0.25, 0.3) is 0 Å². The molecule has 2 heterocycles. The van der Waals surface area contributed by atoms with E-state index < -0.39 is 0 Å². The van der Waals surface area contributed by atoms with Crippen LogP contribution in [0.5, 0.6) is 0 Å². The summed E-state index contributed by atoms with van der Waals surface area (Å²) < 4.78 is 5.22. The fraction of sp³-hybridized carbons (Fsp3) is 0.556. The van der Waals surface area contributed by atoms with E-state index in [1.54, 1.807) is 0 Å². The zero-order chi connectivity index (χ0) is 9.10. The zero-order valence-electron chi connectivity index (χ0n) is 7.32. The summed E-state index contributed by atoms with van der Waals surface area (Å²) >= 11 is 0. The highest BCUT2D eigenvalue weighted by atomic mass is 16.3. The van der Waals surface area contributed by atoms with Gasteiger partial charge in [-0.25, -0.2) is 4.98 Å². The Hall–Kier alpha value is -1.16. The molecule has 0 aliphatic carbocycles. The first-order valence-electron chi connectivity index (χ1n) is 4.51. The smallest absolute Gasteiger partial charge is 0.197 e. The predicted octanol–water partition coefficient (Wildman–Crippen LogP) is 0.954. The number of hydrogen-bond donors (Lipinski definition) is 1. The van der Waals surface area contributed by atoms with Gasteiger partial charge < -0.3 is 9.73 Å². The molecule has 1 aliphatic rings. The molecule has 4 nitrogen and oxygen atoms in total. The van der Waals surface area contributed by atoms with Gasteiger partial charge in [-0.05, 0) is 25.9 Å². The minimum Gasteiger partial charge on any atom is -0.448 e. The van der Waals surface area contributed by atoms with E-state index in [0.717, 1.165) is 25.9 Å². The van der Waals surface area contributed by atoms with Crippen LogP contribution in [0.2, 0.25) is 0 Å². The van der Waals surface area contributed by atoms with Gasteiger partial charge in [0.2, 0.25) is 0 Å². The number of nitrogens with zero attached hydrogens (tertiary/aromatic N) is 1. The number of nitrogens with one attached hydrogen (secondary N) is 1. The van der Waals surface area contributed by atoms with Gasteiger partial charge in [-0.1, -0.05) is 0 Å². The second kappa shape index (κ2) is 3.70. The van der Waals surface area contributed by atoms with Crippen LogP contribution in [-0.4, -0.2) is 24.4 Å². The minimum atomic E-state index is 0.384. The van der Waals surface area contributed by atoms with E-state index in [0.29, 0.717) is 23.8 Å². The van der Waals surface area contributed by atoms with E-state index in [4.69, 9.17) is 4.42 Å². The number of rotatable bonds is 2. The summed E-state index contributed by atoms with van der Waals surface area (Å²) in [7, 11) is 0. The lowest BCUT2D eigenvalue weighted by Crippen LogP contribution is -2.26. The van der Waals surface area contributed by atoms with Gasteiger partial charge in [0.1, 0.15) is 12.0 Å². The molecule has 1 saturated heterocycles. The van der Waals surface area contributed by atoms with Crippen LogP contribution in [0.15, 0.2) is 10.7 Å². The Labute approximate surface area is 76.3 Å². The standard InChI is InChI=1S/C9H12N2O2/c12-5-8-6-13-9(11-8)7-1-3-10-4-2-7/h5-7,10H,1-4H2. The number of carbonyl (C=O) groups is 1. The normalized spacial score (nSPS) is 18.8. The average Bonchev–Trinajstić information content (AvgIpc) is 2.67. The zero-order valence-corrected chi connectivity index (χ0v) is 7.32. The summed E-state index contributed by atoms with van der Waals surface area (Å²) in [5.41, 5.74) is 0.397. The molecule has 0 aromatic carbocycles. The molecule has 0 saturated carbocycles. The van der Waals surface area contributed by atoms with Crippen molar-refractivity contribution in [2.75, 3.05) is 13.1 Å². The van der Waals surface area contributed by atoms with Crippen LogP contribution in [0.4, 0.5) is 0 Å². The van der Waals surface area contributed by atoms with Gasteiger partial charge in [-0.15, -0.1) is 0 Å². The first-order chi connectivity index (χ1) is 6.40. The van der Waals surface area contributed by atoms with Crippen LogP contribution in [0.3, 0.4) is 0 Å². The summed E-state index contributed by atoms with van der Waals surface area (Å²) in [5.74, 6) is 1.10. The van der Waals surface area contributed by atoms with Crippen molar-refractivity contribution in [2.45, 2.75) is 18.8 Å². The second-order valence-corrected chi connectivity index (χ2v) is 3.25. The predicted molar refractivity (Wildman–Crippen MR) is 46.7 cm³/mol. The molecule has 1 aromatic heterocycles. The van der Waals surface area contributed by atoms with Gasteiger partial charge in [-0.2, -0.15) is 0 Å². The Kier molecular flexibility index (Phi) is 2.40. The van der Waals surface area contributed by atoms with Crippen molar-refractivity contribution in [1.82, 2.24) is 10.3 Å². The van der Waals surface area contributed by atoms with Crippen LogP contribution >= 0.6 is 0 Å². The van der Waals surface area contributed by atoms with Crippen LogP contribution in [-0.2, 0) is 0 Å². The first kappa shape index (κ1) is 8.44. The highest BCUT2D eigenvalue weighted by Crippen LogP contribution is 2.23. The number of aromatic nitrogens is 1. The molecule has 0 unspecified atom stereocenters. The van der Waals surface area contributed by atoms with Crippen LogP contribution in [0.1, 0.15) is 35.1 Å². The van der Waals surface area contributed by atoms with E-state index in [1.165, 1.54) is 6.26 Å². The van der Waals surface area contributed by atoms with Crippen molar-refractivity contribution in [3.8, 4) is 0 Å². The van der Waals surface area contributed by atoms with Crippen LogP contribution in [0, 0.1) is 0 Å². The van der Waals surface area contributed by atoms with Gasteiger partial charge in [0.15, 0.2) is 12.2 Å². The van der Waals surface area contributed by atoms with Crippen molar-refractivity contribution < 1.29 is 9.21 Å². The second-order valence-electron chi connectivity index (χ2n) is 3.25. The summed E-state index contributed by atoms with van der Waals surface area (Å²) in [5, 5.41) is 3.27. The van der Waals surface area contributed by atoms with E-state index in [-0.39, 0.29) is 0 Å². The molecule has 0 amide bonds. The third-order valence-electron chi connectivity index (χ3n) is 2.35. The maximum atomic E-state index is 10.4. The van der Waals surface area contributed by atoms with Gasteiger partial charge >= 0.3 is 0 Å². The fourth-order valence-electron chi connectivity index (χ4n) is 1.61. The molecule has 2 rings (SSSR count). The molecule has 1 aromatic rings. The highest BCUT2D eigenvalue weighted by Gasteiger charge is 2.19. The summed E-state index contributed by atoms with van der Waals surface area (Å²) in [6.45, 7) is 2.01. The van der Waals surface area contributed by atoms with Gasteiger partial charge in [-0.3, -0.25) is 4.79 Å². The largest absolute Gasteiger partial charge is 0.448 e. The molecule has 0 spiro atoms. The van der Waals surface area contributed by atoms with Crippen molar-refractivity contribution in [3.05, 3.63) is 17.8 Å². The summed E-state index contributed by atoms with van der Waals surface area (Å²) in [4.78, 5) is 14.5. The lowest BCUT2D eigenvalue weighted by molar-refractivity contribution is 0.111. The van der Waals surface area contributed by atoms with E-state index in [2.05, 4.69) is 10.3 Å². The topological polar surface area (TPSA) is 55.1 Å². The van der Waals surface area contributed by atoms with Crippen LogP contribution < -0.4 is 5.32 Å². The first-order valence-corrected chi connectivity index (χ1v) is 4.51. The Morgan fingerprint density at radius 3 is 2.92 bits per heavy atom. The SMILES string of the molecule is O=Cc1coc(C2CCNCC2)n1. The molecule has 0 atom stereocenters. The fourth-order valence-corrected chi connectivity index (χ4v) is 1.61. The maximum absolute atomic E-state index is 10.4. The maximum Gasteiger partial charge on any atom is 0.197 e. The number of carbonyl (C=O) groups excluding carboxylic acids is 1. The van der Waals surface area contributed by atoms with E-state index in [1.807, 2.05) is 0 Å². The Balaban J connectivity index is 2.09. The van der Waals surface area contributed by atoms with Gasteiger partial charge in [0, 0.05) is 5.92 Å². The molecule has 0 bridgehead atoms. The minimum absolute atomic E-state index is 0.384. The Morgan fingerprint density at radius 2 is 2.31 bits per heavy atom. The van der Waals surface area contributed by atoms with Crippen molar-refractivity contribution in [3.63, 3.8) is 0 Å². The molecule has 4 heteroatoms. The van der Waals surface area contributed by atoms with Crippen LogP contribution in [0.25, 0.3) is 0 Å². The number of aldehydes is 1. The van der Waals surface area contributed by atoms with Crippen molar-refractivity contribution in [1.29, 1.82) is 0 Å². The molecule has 1 aliphatic heterocycles. The van der Waals surface area contributed by atoms with Crippen molar-refractivity contribution >= 4 is 6.29 Å². The lowest BCUT2D eigenvalue weighted by Gasteiger charge is -2.19. The summed E-state index contributed by atoms with van der Waals surface area (Å²) in [6, 6.07) is 0. The van der Waals surface area contributed by atoms with Crippen molar-refractivity contribution in [2.24, 2.45) is 0 Å². The quantitative estimate of drug-likeness (QED) is 0.688. The molecule has 70 valence electrons. The Bertz CT molecular complexity index is 290. The van der Waals surface area contributed by atoms with Gasteiger partial charge in [0.05, 0.1) is 0 Å².